The molecule has 0 radical (unpaired) electrons. The van der Waals surface area contributed by atoms with Crippen molar-refractivity contribution in [1.82, 2.24) is 9.88 Å². The number of fused-ring (bicyclic) bond motifs is 5. The van der Waals surface area contributed by atoms with Gasteiger partial charge in [-0.2, -0.15) is 0 Å². The van der Waals surface area contributed by atoms with Gasteiger partial charge < -0.3 is 21.4 Å². The molecule has 1 aromatic heterocycles. The maximum Gasteiger partial charge on any atom is 0.271 e. The highest BCUT2D eigenvalue weighted by molar-refractivity contribution is 6.11. The summed E-state index contributed by atoms with van der Waals surface area (Å²) in [6, 6.07) is 12.3. The van der Waals surface area contributed by atoms with Crippen molar-refractivity contribution in [3.05, 3.63) is 59.5 Å². The Morgan fingerprint density at radius 2 is 2.04 bits per heavy atom. The molecule has 0 spiro atoms. The molecule has 0 saturated heterocycles. The highest BCUT2D eigenvalue weighted by Crippen LogP contribution is 2.38. The van der Waals surface area contributed by atoms with Crippen LogP contribution in [0.5, 0.6) is 0 Å². The van der Waals surface area contributed by atoms with Crippen molar-refractivity contribution in [2.75, 3.05) is 13.1 Å². The largest absolute Gasteiger partial charge is 0.350 e. The number of hydrogen-bond donors (Lipinski definition) is 3. The van der Waals surface area contributed by atoms with E-state index in [-0.39, 0.29) is 17.8 Å². The Hall–Kier alpha value is -2.70. The van der Waals surface area contributed by atoms with Crippen LogP contribution in [0.15, 0.2) is 42.5 Å². The van der Waals surface area contributed by atoms with E-state index in [0.29, 0.717) is 25.3 Å². The third kappa shape index (κ3) is 3.22. The minimum absolute atomic E-state index is 0.110. The summed E-state index contributed by atoms with van der Waals surface area (Å²) in [6.07, 6.45) is 1.58. The summed E-state index contributed by atoms with van der Waals surface area (Å²) in [7, 11) is 0. The molecular formula is C21H23FN4O. The molecule has 2 heterocycles. The van der Waals surface area contributed by atoms with E-state index in [0.717, 1.165) is 40.4 Å². The van der Waals surface area contributed by atoms with Crippen LogP contribution >= 0.6 is 0 Å². The third-order valence-corrected chi connectivity index (χ3v) is 5.14. The minimum Gasteiger partial charge on any atom is -0.350 e. The van der Waals surface area contributed by atoms with Gasteiger partial charge in [0, 0.05) is 35.6 Å². The summed E-state index contributed by atoms with van der Waals surface area (Å²) >= 11 is 0. The average Bonchev–Trinajstić information content (AvgIpc) is 3.01. The molecule has 0 fully saturated rings. The maximum atomic E-state index is 14.0. The van der Waals surface area contributed by atoms with Crippen LogP contribution < -0.4 is 11.5 Å². The zero-order chi connectivity index (χ0) is 19.0. The number of nitrogens with zero attached hydrogens (tertiary/aromatic N) is 1. The van der Waals surface area contributed by atoms with Gasteiger partial charge in [-0.05, 0) is 48.7 Å². The first kappa shape index (κ1) is 17.7. The number of amides is 1. The first-order valence-corrected chi connectivity index (χ1v) is 9.23. The van der Waals surface area contributed by atoms with E-state index in [2.05, 4.69) is 4.98 Å². The number of halogens is 1. The zero-order valence-corrected chi connectivity index (χ0v) is 15.0. The molecule has 0 bridgehead atoms. The quantitative estimate of drug-likeness (QED) is 0.649. The lowest BCUT2D eigenvalue weighted by Crippen LogP contribution is -2.40. The molecule has 0 aliphatic carbocycles. The van der Waals surface area contributed by atoms with Crippen molar-refractivity contribution >= 4 is 16.8 Å². The zero-order valence-electron chi connectivity index (χ0n) is 15.0. The topological polar surface area (TPSA) is 88.1 Å². The average molecular weight is 366 g/mol. The van der Waals surface area contributed by atoms with E-state index in [1.807, 2.05) is 24.3 Å². The standard InChI is InChI=1S/C21H23FN4O/c22-14-8-7-13-11-26(12-15(24)4-3-9-23)21(27)20-19(17(13)10-14)16-5-1-2-6-18(16)25-20/h1-2,5-8,10,15,25H,3-4,9,11-12,23-24H2/t15-/m0/s1. The second-order valence-corrected chi connectivity index (χ2v) is 7.10. The second-order valence-electron chi connectivity index (χ2n) is 7.10. The molecule has 3 aromatic rings. The number of hydrogen-bond acceptors (Lipinski definition) is 3. The molecule has 6 heteroatoms. The highest BCUT2D eigenvalue weighted by atomic mass is 19.1. The summed E-state index contributed by atoms with van der Waals surface area (Å²) in [5.74, 6) is -0.425. The van der Waals surface area contributed by atoms with Crippen LogP contribution in [0, 0.1) is 5.82 Å². The Kier molecular flexibility index (Phi) is 4.68. The number of rotatable bonds is 5. The fourth-order valence-corrected chi connectivity index (χ4v) is 3.84. The Morgan fingerprint density at radius 1 is 1.22 bits per heavy atom. The number of nitrogens with one attached hydrogen (secondary N) is 1. The number of carbonyl (C=O) groups is 1. The summed E-state index contributed by atoms with van der Waals surface area (Å²) < 4.78 is 14.0. The summed E-state index contributed by atoms with van der Waals surface area (Å²) in [4.78, 5) is 18.3. The van der Waals surface area contributed by atoms with Crippen molar-refractivity contribution in [3.8, 4) is 11.1 Å². The first-order chi connectivity index (χ1) is 13.1. The number of nitrogens with two attached hydrogens (primary N) is 2. The van der Waals surface area contributed by atoms with Crippen LogP contribution in [0.1, 0.15) is 28.9 Å². The van der Waals surface area contributed by atoms with Crippen LogP contribution in [-0.4, -0.2) is 34.9 Å². The maximum absolute atomic E-state index is 14.0. The van der Waals surface area contributed by atoms with Gasteiger partial charge in [-0.3, -0.25) is 4.79 Å². The van der Waals surface area contributed by atoms with Gasteiger partial charge in [0.15, 0.2) is 0 Å². The lowest BCUT2D eigenvalue weighted by Gasteiger charge is -2.24. The summed E-state index contributed by atoms with van der Waals surface area (Å²) in [5.41, 5.74) is 15.6. The van der Waals surface area contributed by atoms with E-state index >= 15 is 0 Å². The fourth-order valence-electron chi connectivity index (χ4n) is 3.84. The van der Waals surface area contributed by atoms with Crippen LogP contribution in [0.2, 0.25) is 0 Å². The number of carbonyl (C=O) groups excluding carboxylic acids is 1. The van der Waals surface area contributed by atoms with Gasteiger partial charge in [-0.1, -0.05) is 24.3 Å². The van der Waals surface area contributed by atoms with Gasteiger partial charge in [0.2, 0.25) is 0 Å². The SMILES string of the molecule is NCCC[C@H](N)CN1Cc2ccc(F)cc2-c2c([nH]c3ccccc23)C1=O. The molecule has 0 unspecified atom stereocenters. The fraction of sp³-hybridized carbons (Fsp3) is 0.286. The smallest absolute Gasteiger partial charge is 0.271 e. The van der Waals surface area contributed by atoms with Gasteiger partial charge in [-0.25, -0.2) is 4.39 Å². The van der Waals surface area contributed by atoms with Gasteiger partial charge in [-0.15, -0.1) is 0 Å². The molecule has 140 valence electrons. The lowest BCUT2D eigenvalue weighted by atomic mass is 9.97. The van der Waals surface area contributed by atoms with Crippen molar-refractivity contribution in [2.24, 2.45) is 11.5 Å². The number of aromatic nitrogens is 1. The highest BCUT2D eigenvalue weighted by Gasteiger charge is 2.30. The van der Waals surface area contributed by atoms with Gasteiger partial charge in [0.05, 0.1) is 0 Å². The van der Waals surface area contributed by atoms with Gasteiger partial charge in [0.25, 0.3) is 5.91 Å². The summed E-state index contributed by atoms with van der Waals surface area (Å²) in [5, 5.41) is 0.919. The molecule has 2 aromatic carbocycles. The Balaban J connectivity index is 1.83. The summed E-state index contributed by atoms with van der Waals surface area (Å²) in [6.45, 7) is 1.42. The Labute approximate surface area is 157 Å². The molecule has 5 N–H and O–H groups in total. The third-order valence-electron chi connectivity index (χ3n) is 5.14. The molecular weight excluding hydrogens is 343 g/mol. The number of benzene rings is 2. The van der Waals surface area contributed by atoms with Gasteiger partial charge in [0.1, 0.15) is 11.5 Å². The van der Waals surface area contributed by atoms with Crippen molar-refractivity contribution in [2.45, 2.75) is 25.4 Å². The normalized spacial score (nSPS) is 14.8. The van der Waals surface area contributed by atoms with Crippen LogP contribution in [0.25, 0.3) is 22.0 Å². The molecule has 5 nitrogen and oxygen atoms in total. The second kappa shape index (κ2) is 7.13. The molecule has 27 heavy (non-hydrogen) atoms. The number of para-hydroxylation sites is 1. The number of aromatic amines is 1. The Bertz CT molecular complexity index is 997. The molecule has 1 aliphatic heterocycles. The van der Waals surface area contributed by atoms with Crippen molar-refractivity contribution in [3.63, 3.8) is 0 Å². The predicted molar refractivity (Wildman–Crippen MR) is 105 cm³/mol. The van der Waals surface area contributed by atoms with Crippen molar-refractivity contribution in [1.29, 1.82) is 0 Å². The first-order valence-electron chi connectivity index (χ1n) is 9.23. The van der Waals surface area contributed by atoms with E-state index in [9.17, 15) is 9.18 Å². The predicted octanol–water partition coefficient (Wildman–Crippen LogP) is 3.00. The van der Waals surface area contributed by atoms with E-state index in [1.54, 1.807) is 11.0 Å². The molecule has 4 rings (SSSR count). The lowest BCUT2D eigenvalue weighted by molar-refractivity contribution is 0.0729. The van der Waals surface area contributed by atoms with Crippen molar-refractivity contribution < 1.29 is 9.18 Å². The van der Waals surface area contributed by atoms with Crippen LogP contribution in [0.3, 0.4) is 0 Å². The van der Waals surface area contributed by atoms with E-state index in [4.69, 9.17) is 11.5 Å². The van der Waals surface area contributed by atoms with E-state index < -0.39 is 0 Å². The van der Waals surface area contributed by atoms with Gasteiger partial charge >= 0.3 is 0 Å². The molecule has 1 atom stereocenters. The Morgan fingerprint density at radius 3 is 2.85 bits per heavy atom. The van der Waals surface area contributed by atoms with E-state index in [1.165, 1.54) is 12.1 Å². The minimum atomic E-state index is -0.314. The monoisotopic (exact) mass is 366 g/mol. The van der Waals surface area contributed by atoms with Crippen LogP contribution in [0.4, 0.5) is 4.39 Å². The molecule has 1 aliphatic rings. The molecule has 1 amide bonds. The van der Waals surface area contributed by atoms with Crippen LogP contribution in [-0.2, 0) is 6.54 Å². The number of H-pyrrole nitrogens is 1. The molecule has 0 saturated carbocycles.